The lowest BCUT2D eigenvalue weighted by atomic mass is 10.3. The monoisotopic (exact) mass is 281 g/mol. The van der Waals surface area contributed by atoms with Crippen molar-refractivity contribution >= 4 is 23.4 Å². The van der Waals surface area contributed by atoms with Gasteiger partial charge in [-0.2, -0.15) is 5.10 Å². The summed E-state index contributed by atoms with van der Waals surface area (Å²) in [6.07, 6.45) is 1.30. The molecule has 19 heavy (non-hydrogen) atoms. The number of carboxylic acids is 1. The molecule has 0 spiro atoms. The van der Waals surface area contributed by atoms with Crippen LogP contribution in [0.2, 0.25) is 0 Å². The van der Waals surface area contributed by atoms with Crippen LogP contribution < -0.4 is 5.73 Å². The van der Waals surface area contributed by atoms with Gasteiger partial charge in [-0.05, 0) is 18.2 Å². The molecular weight excluding hydrogens is 269 g/mol. The van der Waals surface area contributed by atoms with Crippen LogP contribution in [0.25, 0.3) is 0 Å². The second kappa shape index (κ2) is 5.31. The van der Waals surface area contributed by atoms with Crippen LogP contribution in [0.15, 0.2) is 29.3 Å². The SMILES string of the molecule is Cn1ncc(C(=O)O)c1CSc1cc(F)ccc1N. The van der Waals surface area contributed by atoms with E-state index in [4.69, 9.17) is 10.8 Å². The lowest BCUT2D eigenvalue weighted by Gasteiger charge is -2.07. The highest BCUT2D eigenvalue weighted by atomic mass is 32.2. The van der Waals surface area contributed by atoms with Crippen molar-refractivity contribution in [3.63, 3.8) is 0 Å². The number of aromatic carboxylic acids is 1. The normalized spacial score (nSPS) is 10.6. The molecule has 100 valence electrons. The fraction of sp³-hybridized carbons (Fsp3) is 0.167. The Hall–Kier alpha value is -2.02. The zero-order valence-electron chi connectivity index (χ0n) is 10.1. The summed E-state index contributed by atoms with van der Waals surface area (Å²) >= 11 is 1.28. The van der Waals surface area contributed by atoms with Gasteiger partial charge in [-0.1, -0.05) is 0 Å². The van der Waals surface area contributed by atoms with Gasteiger partial charge < -0.3 is 10.8 Å². The van der Waals surface area contributed by atoms with Crippen LogP contribution in [0.3, 0.4) is 0 Å². The van der Waals surface area contributed by atoms with Gasteiger partial charge in [0.2, 0.25) is 0 Å². The summed E-state index contributed by atoms with van der Waals surface area (Å²) in [6.45, 7) is 0. The fourth-order valence-electron chi connectivity index (χ4n) is 1.59. The molecule has 0 amide bonds. The second-order valence-corrected chi connectivity index (χ2v) is 4.92. The average Bonchev–Trinajstić information content (AvgIpc) is 2.72. The Bertz CT molecular complexity index is 627. The molecule has 0 aliphatic rings. The first-order valence-electron chi connectivity index (χ1n) is 5.41. The van der Waals surface area contributed by atoms with Crippen molar-refractivity contribution in [2.45, 2.75) is 10.6 Å². The number of aromatic nitrogens is 2. The largest absolute Gasteiger partial charge is 0.478 e. The molecule has 5 nitrogen and oxygen atoms in total. The Morgan fingerprint density at radius 3 is 3.00 bits per heavy atom. The zero-order chi connectivity index (χ0) is 14.0. The highest BCUT2D eigenvalue weighted by Gasteiger charge is 2.15. The highest BCUT2D eigenvalue weighted by Crippen LogP contribution is 2.29. The maximum atomic E-state index is 13.1. The van der Waals surface area contributed by atoms with E-state index in [0.717, 1.165) is 0 Å². The minimum absolute atomic E-state index is 0.143. The van der Waals surface area contributed by atoms with Crippen molar-refractivity contribution in [2.24, 2.45) is 7.05 Å². The van der Waals surface area contributed by atoms with E-state index in [-0.39, 0.29) is 11.4 Å². The number of carboxylic acid groups (broad SMARTS) is 1. The molecule has 7 heteroatoms. The number of nitrogen functional groups attached to an aromatic ring is 1. The van der Waals surface area contributed by atoms with Crippen LogP contribution >= 0.6 is 11.8 Å². The predicted octanol–water partition coefficient (Wildman–Crippen LogP) is 2.13. The van der Waals surface area contributed by atoms with E-state index in [1.165, 1.54) is 40.8 Å². The van der Waals surface area contributed by atoms with Crippen molar-refractivity contribution in [1.29, 1.82) is 0 Å². The van der Waals surface area contributed by atoms with Crippen molar-refractivity contribution in [1.82, 2.24) is 9.78 Å². The second-order valence-electron chi connectivity index (χ2n) is 3.90. The maximum Gasteiger partial charge on any atom is 0.339 e. The topological polar surface area (TPSA) is 81.1 Å². The number of hydrogen-bond donors (Lipinski definition) is 2. The molecule has 0 aliphatic heterocycles. The number of halogens is 1. The molecule has 0 fully saturated rings. The number of nitrogens with two attached hydrogens (primary N) is 1. The van der Waals surface area contributed by atoms with E-state index in [2.05, 4.69) is 5.10 Å². The molecule has 2 rings (SSSR count). The summed E-state index contributed by atoms with van der Waals surface area (Å²) < 4.78 is 14.6. The van der Waals surface area contributed by atoms with Gasteiger partial charge >= 0.3 is 5.97 Å². The first-order chi connectivity index (χ1) is 8.99. The molecule has 2 aromatic rings. The minimum Gasteiger partial charge on any atom is -0.478 e. The van der Waals surface area contributed by atoms with E-state index in [9.17, 15) is 9.18 Å². The lowest BCUT2D eigenvalue weighted by Crippen LogP contribution is -2.03. The first-order valence-corrected chi connectivity index (χ1v) is 6.39. The molecule has 3 N–H and O–H groups in total. The van der Waals surface area contributed by atoms with Crippen LogP contribution in [-0.4, -0.2) is 20.9 Å². The molecule has 0 unspecified atom stereocenters. The quantitative estimate of drug-likeness (QED) is 0.663. The molecule has 0 radical (unpaired) electrons. The van der Waals surface area contributed by atoms with Gasteiger partial charge in [0.25, 0.3) is 0 Å². The van der Waals surface area contributed by atoms with Gasteiger partial charge in [-0.15, -0.1) is 11.8 Å². The molecule has 0 aliphatic carbocycles. The van der Waals surface area contributed by atoms with Crippen LogP contribution in [-0.2, 0) is 12.8 Å². The lowest BCUT2D eigenvalue weighted by molar-refractivity contribution is 0.0696. The average molecular weight is 281 g/mol. The van der Waals surface area contributed by atoms with E-state index < -0.39 is 5.97 Å². The first kappa shape index (κ1) is 13.4. The smallest absolute Gasteiger partial charge is 0.339 e. The third-order valence-electron chi connectivity index (χ3n) is 2.63. The summed E-state index contributed by atoms with van der Waals surface area (Å²) in [5.41, 5.74) is 6.90. The fourth-order valence-corrected chi connectivity index (χ4v) is 2.66. The Morgan fingerprint density at radius 1 is 1.58 bits per heavy atom. The molecular formula is C12H12FN3O2S. The van der Waals surface area contributed by atoms with Crippen LogP contribution in [0, 0.1) is 5.82 Å². The third kappa shape index (κ3) is 2.87. The highest BCUT2D eigenvalue weighted by molar-refractivity contribution is 7.98. The summed E-state index contributed by atoms with van der Waals surface area (Å²) in [5, 5.41) is 12.9. The summed E-state index contributed by atoms with van der Waals surface area (Å²) in [6, 6.07) is 4.10. The van der Waals surface area contributed by atoms with Gasteiger partial charge in [0.05, 0.1) is 11.9 Å². The number of anilines is 1. The standard InChI is InChI=1S/C12H12FN3O2S/c1-16-10(8(5-15-16)12(17)18)6-19-11-4-7(13)2-3-9(11)14/h2-5H,6,14H2,1H3,(H,17,18). The third-order valence-corrected chi connectivity index (χ3v) is 3.71. The molecule has 1 heterocycles. The molecule has 1 aromatic carbocycles. The predicted molar refractivity (Wildman–Crippen MR) is 70.5 cm³/mol. The number of carbonyl (C=O) groups is 1. The Balaban J connectivity index is 2.21. The van der Waals surface area contributed by atoms with Gasteiger partial charge in [0.15, 0.2) is 0 Å². The van der Waals surface area contributed by atoms with E-state index in [0.29, 0.717) is 22.0 Å². The van der Waals surface area contributed by atoms with Crippen molar-refractivity contribution in [2.75, 3.05) is 5.73 Å². The van der Waals surface area contributed by atoms with Gasteiger partial charge in [-0.25, -0.2) is 9.18 Å². The van der Waals surface area contributed by atoms with Crippen molar-refractivity contribution in [3.05, 3.63) is 41.5 Å². The van der Waals surface area contributed by atoms with Crippen molar-refractivity contribution in [3.8, 4) is 0 Å². The maximum absolute atomic E-state index is 13.1. The van der Waals surface area contributed by atoms with Crippen LogP contribution in [0.5, 0.6) is 0 Å². The minimum atomic E-state index is -1.03. The molecule has 1 aromatic heterocycles. The number of hydrogen-bond acceptors (Lipinski definition) is 4. The van der Waals surface area contributed by atoms with Gasteiger partial charge in [0.1, 0.15) is 11.4 Å². The van der Waals surface area contributed by atoms with E-state index in [1.54, 1.807) is 7.05 Å². The van der Waals surface area contributed by atoms with Gasteiger partial charge in [-0.3, -0.25) is 4.68 Å². The number of aryl methyl sites for hydroxylation is 1. The Kier molecular flexibility index (Phi) is 3.75. The Morgan fingerprint density at radius 2 is 2.32 bits per heavy atom. The molecule has 0 bridgehead atoms. The van der Waals surface area contributed by atoms with Crippen LogP contribution in [0.1, 0.15) is 16.1 Å². The molecule has 0 saturated heterocycles. The van der Waals surface area contributed by atoms with E-state index in [1.807, 2.05) is 0 Å². The van der Waals surface area contributed by atoms with Crippen molar-refractivity contribution < 1.29 is 14.3 Å². The number of nitrogens with zero attached hydrogens (tertiary/aromatic N) is 2. The number of benzene rings is 1. The van der Waals surface area contributed by atoms with Gasteiger partial charge in [0, 0.05) is 23.4 Å². The zero-order valence-corrected chi connectivity index (χ0v) is 10.9. The van der Waals surface area contributed by atoms with E-state index >= 15 is 0 Å². The van der Waals surface area contributed by atoms with Crippen LogP contribution in [0.4, 0.5) is 10.1 Å². The number of rotatable bonds is 4. The Labute approximate surface area is 113 Å². The summed E-state index contributed by atoms with van der Waals surface area (Å²) in [5.74, 6) is -1.05. The number of thioether (sulfide) groups is 1. The summed E-state index contributed by atoms with van der Waals surface area (Å²) in [4.78, 5) is 11.6. The molecule has 0 atom stereocenters. The summed E-state index contributed by atoms with van der Waals surface area (Å²) in [7, 11) is 1.66. The molecule has 0 saturated carbocycles.